The number of halogens is 2. The summed E-state index contributed by atoms with van der Waals surface area (Å²) < 4.78 is 2.10. The first-order valence-electron chi connectivity index (χ1n) is 6.87. The van der Waals surface area contributed by atoms with Crippen molar-refractivity contribution in [3.63, 3.8) is 0 Å². The Kier molecular flexibility index (Phi) is 4.75. The summed E-state index contributed by atoms with van der Waals surface area (Å²) in [5.41, 5.74) is 3.28. The summed E-state index contributed by atoms with van der Waals surface area (Å²) in [7, 11) is 0. The van der Waals surface area contributed by atoms with E-state index in [1.807, 2.05) is 6.07 Å². The molecule has 1 aromatic heterocycles. The topological polar surface area (TPSA) is 24.9 Å². The predicted octanol–water partition coefficient (Wildman–Crippen LogP) is 5.88. The molecule has 0 spiro atoms. The van der Waals surface area contributed by atoms with Gasteiger partial charge in [0.2, 0.25) is 0 Å². The highest BCUT2D eigenvalue weighted by Crippen LogP contribution is 2.37. The maximum absolute atomic E-state index is 4.86. The number of aromatic nitrogens is 1. The fraction of sp³-hybridized carbons (Fsp3) is 0.438. The molecule has 0 aliphatic carbocycles. The Balaban J connectivity index is 2.74. The van der Waals surface area contributed by atoms with Crippen molar-refractivity contribution in [2.45, 2.75) is 39.5 Å². The molecule has 0 unspecified atom stereocenters. The molecule has 2 rings (SSSR count). The highest BCUT2D eigenvalue weighted by Gasteiger charge is 2.19. The fourth-order valence-electron chi connectivity index (χ4n) is 2.05. The van der Waals surface area contributed by atoms with Crippen molar-refractivity contribution in [1.82, 2.24) is 4.98 Å². The number of pyridine rings is 1. The number of rotatable bonds is 3. The van der Waals surface area contributed by atoms with Gasteiger partial charge >= 0.3 is 0 Å². The zero-order valence-electron chi connectivity index (χ0n) is 12.3. The van der Waals surface area contributed by atoms with Crippen molar-refractivity contribution >= 4 is 48.5 Å². The second-order valence-corrected chi connectivity index (χ2v) is 7.69. The molecular formula is C16H20Br2N2. The Morgan fingerprint density at radius 2 is 1.80 bits per heavy atom. The van der Waals surface area contributed by atoms with Gasteiger partial charge in [-0.15, -0.1) is 0 Å². The quantitative estimate of drug-likeness (QED) is 0.696. The Bertz CT molecular complexity index is 630. The van der Waals surface area contributed by atoms with E-state index in [-0.39, 0.29) is 5.41 Å². The van der Waals surface area contributed by atoms with Crippen LogP contribution < -0.4 is 5.32 Å². The van der Waals surface area contributed by atoms with E-state index in [1.165, 1.54) is 0 Å². The molecule has 0 amide bonds. The SMILES string of the molecule is CCCNc1cc(C(C)(C)C)nc2c(Br)ccc(Br)c12. The molecule has 2 aromatic rings. The molecule has 0 aliphatic rings. The van der Waals surface area contributed by atoms with Gasteiger partial charge < -0.3 is 5.32 Å². The molecule has 1 N–H and O–H groups in total. The lowest BCUT2D eigenvalue weighted by Gasteiger charge is -2.21. The first-order chi connectivity index (χ1) is 9.34. The molecule has 0 aliphatic heterocycles. The maximum atomic E-state index is 4.86. The number of fused-ring (bicyclic) bond motifs is 1. The number of nitrogens with one attached hydrogen (secondary N) is 1. The minimum atomic E-state index is 0.0264. The Morgan fingerprint density at radius 1 is 1.15 bits per heavy atom. The van der Waals surface area contributed by atoms with Crippen LogP contribution in [0.25, 0.3) is 10.9 Å². The third kappa shape index (κ3) is 3.17. The monoisotopic (exact) mass is 398 g/mol. The van der Waals surface area contributed by atoms with Crippen molar-refractivity contribution in [2.24, 2.45) is 0 Å². The van der Waals surface area contributed by atoms with E-state index >= 15 is 0 Å². The second-order valence-electron chi connectivity index (χ2n) is 5.98. The van der Waals surface area contributed by atoms with Crippen molar-refractivity contribution in [3.05, 3.63) is 32.8 Å². The van der Waals surface area contributed by atoms with Crippen LogP contribution in [-0.4, -0.2) is 11.5 Å². The first-order valence-corrected chi connectivity index (χ1v) is 8.46. The molecule has 4 heteroatoms. The minimum absolute atomic E-state index is 0.0264. The number of hydrogen-bond acceptors (Lipinski definition) is 2. The number of benzene rings is 1. The fourth-order valence-corrected chi connectivity index (χ4v) is 3.00. The molecular weight excluding hydrogens is 380 g/mol. The summed E-state index contributed by atoms with van der Waals surface area (Å²) in [4.78, 5) is 4.86. The summed E-state index contributed by atoms with van der Waals surface area (Å²) in [6.45, 7) is 9.71. The highest BCUT2D eigenvalue weighted by molar-refractivity contribution is 9.11. The lowest BCUT2D eigenvalue weighted by molar-refractivity contribution is 0.571. The van der Waals surface area contributed by atoms with Gasteiger partial charge in [0.25, 0.3) is 0 Å². The molecule has 108 valence electrons. The van der Waals surface area contributed by atoms with Gasteiger partial charge in [0, 0.05) is 37.7 Å². The van der Waals surface area contributed by atoms with Crippen LogP contribution in [-0.2, 0) is 5.41 Å². The third-order valence-corrected chi connectivity index (χ3v) is 4.50. The van der Waals surface area contributed by atoms with Crippen LogP contribution in [0.4, 0.5) is 5.69 Å². The molecule has 20 heavy (non-hydrogen) atoms. The Labute approximate surface area is 137 Å². The normalized spacial score (nSPS) is 11.9. The van der Waals surface area contributed by atoms with Crippen LogP contribution in [0.1, 0.15) is 39.8 Å². The van der Waals surface area contributed by atoms with Crippen molar-refractivity contribution in [2.75, 3.05) is 11.9 Å². The molecule has 0 bridgehead atoms. The number of nitrogens with zero attached hydrogens (tertiary/aromatic N) is 1. The molecule has 0 fully saturated rings. The third-order valence-electron chi connectivity index (χ3n) is 3.19. The van der Waals surface area contributed by atoms with E-state index in [1.54, 1.807) is 0 Å². The van der Waals surface area contributed by atoms with E-state index in [2.05, 4.69) is 77.0 Å². The maximum Gasteiger partial charge on any atom is 0.0879 e. The summed E-state index contributed by atoms with van der Waals surface area (Å²) in [6, 6.07) is 6.27. The molecule has 2 nitrogen and oxygen atoms in total. The van der Waals surface area contributed by atoms with Crippen LogP contribution in [0, 0.1) is 0 Å². The van der Waals surface area contributed by atoms with Crippen LogP contribution in [0.5, 0.6) is 0 Å². The summed E-state index contributed by atoms with van der Waals surface area (Å²) in [5.74, 6) is 0. The number of hydrogen-bond donors (Lipinski definition) is 1. The lowest BCUT2D eigenvalue weighted by atomic mass is 9.90. The lowest BCUT2D eigenvalue weighted by Crippen LogP contribution is -2.15. The number of anilines is 1. The van der Waals surface area contributed by atoms with Gasteiger partial charge in [0.15, 0.2) is 0 Å². The summed E-state index contributed by atoms with van der Waals surface area (Å²) in [6.07, 6.45) is 1.10. The average molecular weight is 400 g/mol. The van der Waals surface area contributed by atoms with E-state index in [0.717, 1.165) is 44.2 Å². The summed E-state index contributed by atoms with van der Waals surface area (Å²) in [5, 5.41) is 4.67. The van der Waals surface area contributed by atoms with Crippen molar-refractivity contribution in [3.8, 4) is 0 Å². The molecule has 1 heterocycles. The van der Waals surface area contributed by atoms with E-state index in [9.17, 15) is 0 Å². The van der Waals surface area contributed by atoms with E-state index in [4.69, 9.17) is 4.98 Å². The largest absolute Gasteiger partial charge is 0.384 e. The van der Waals surface area contributed by atoms with Gasteiger partial charge in [-0.1, -0.05) is 43.6 Å². The second kappa shape index (κ2) is 6.02. The predicted molar refractivity (Wildman–Crippen MR) is 94.6 cm³/mol. The van der Waals surface area contributed by atoms with Gasteiger partial charge in [-0.3, -0.25) is 4.98 Å². The van der Waals surface area contributed by atoms with E-state index in [0.29, 0.717) is 0 Å². The molecule has 0 saturated heterocycles. The van der Waals surface area contributed by atoms with E-state index < -0.39 is 0 Å². The van der Waals surface area contributed by atoms with Crippen LogP contribution in [0.15, 0.2) is 27.1 Å². The van der Waals surface area contributed by atoms with Gasteiger partial charge in [-0.2, -0.15) is 0 Å². The Hall–Kier alpha value is -0.610. The Morgan fingerprint density at radius 3 is 2.40 bits per heavy atom. The molecule has 0 saturated carbocycles. The molecule has 0 radical (unpaired) electrons. The standard InChI is InChI=1S/C16H20Br2N2/c1-5-8-19-12-9-13(16(2,3)4)20-15-11(18)7-6-10(17)14(12)15/h6-7,9H,5,8H2,1-4H3,(H,19,20). The smallest absolute Gasteiger partial charge is 0.0879 e. The minimum Gasteiger partial charge on any atom is -0.384 e. The van der Waals surface area contributed by atoms with Crippen molar-refractivity contribution in [1.29, 1.82) is 0 Å². The molecule has 1 aromatic carbocycles. The van der Waals surface area contributed by atoms with Gasteiger partial charge in [-0.05, 0) is 40.5 Å². The van der Waals surface area contributed by atoms with Gasteiger partial charge in [-0.25, -0.2) is 0 Å². The first kappa shape index (κ1) is 15.8. The van der Waals surface area contributed by atoms with Crippen LogP contribution >= 0.6 is 31.9 Å². The summed E-state index contributed by atoms with van der Waals surface area (Å²) >= 11 is 7.27. The zero-order valence-corrected chi connectivity index (χ0v) is 15.5. The average Bonchev–Trinajstić information content (AvgIpc) is 2.39. The van der Waals surface area contributed by atoms with Gasteiger partial charge in [0.1, 0.15) is 0 Å². The van der Waals surface area contributed by atoms with Crippen molar-refractivity contribution < 1.29 is 0 Å². The zero-order chi connectivity index (χ0) is 14.9. The van der Waals surface area contributed by atoms with Crippen LogP contribution in [0.3, 0.4) is 0 Å². The van der Waals surface area contributed by atoms with Gasteiger partial charge in [0.05, 0.1) is 5.52 Å². The van der Waals surface area contributed by atoms with Crippen LogP contribution in [0.2, 0.25) is 0 Å². The highest BCUT2D eigenvalue weighted by atomic mass is 79.9. The molecule has 0 atom stereocenters.